The van der Waals surface area contributed by atoms with Crippen LogP contribution in [0.1, 0.15) is 42.5 Å². The Bertz CT molecular complexity index is 1200. The molecule has 1 heterocycles. The first-order valence-corrected chi connectivity index (χ1v) is 13.7. The number of likely N-dealkylation sites (tertiary alicyclic amines) is 1. The minimum atomic E-state index is -3.97. The van der Waals surface area contributed by atoms with Crippen molar-refractivity contribution in [1.29, 1.82) is 0 Å². The maximum atomic E-state index is 13.3. The van der Waals surface area contributed by atoms with Gasteiger partial charge in [0.25, 0.3) is 15.9 Å². The molecule has 0 bridgehead atoms. The van der Waals surface area contributed by atoms with Crippen molar-refractivity contribution in [3.05, 3.63) is 59.9 Å². The molecule has 0 aromatic heterocycles. The monoisotopic (exact) mass is 480 g/mol. The zero-order valence-electron chi connectivity index (χ0n) is 17.4. The number of nitrogens with one attached hydrogen (secondary N) is 1. The summed E-state index contributed by atoms with van der Waals surface area (Å²) < 4.78 is 66.0. The van der Waals surface area contributed by atoms with Crippen molar-refractivity contribution in [1.82, 2.24) is 4.90 Å². The Morgan fingerprint density at radius 2 is 1.56 bits per heavy atom. The van der Waals surface area contributed by atoms with Crippen molar-refractivity contribution in [3.63, 3.8) is 0 Å². The molecule has 1 aliphatic carbocycles. The summed E-state index contributed by atoms with van der Waals surface area (Å²) >= 11 is 0. The van der Waals surface area contributed by atoms with Crippen LogP contribution in [-0.2, 0) is 19.9 Å². The molecule has 2 aromatic rings. The van der Waals surface area contributed by atoms with Crippen LogP contribution in [0.2, 0.25) is 0 Å². The smallest absolute Gasteiger partial charge is 0.261 e. The number of sulfonamides is 1. The molecule has 1 N–H and O–H groups in total. The van der Waals surface area contributed by atoms with Crippen molar-refractivity contribution < 1.29 is 26.0 Å². The van der Waals surface area contributed by atoms with Gasteiger partial charge in [-0.05, 0) is 55.3 Å². The third-order valence-corrected chi connectivity index (χ3v) is 10.1. The number of amides is 1. The minimum absolute atomic E-state index is 0.186. The molecule has 2 fully saturated rings. The van der Waals surface area contributed by atoms with Crippen LogP contribution in [0, 0.1) is 5.82 Å². The van der Waals surface area contributed by atoms with Gasteiger partial charge >= 0.3 is 0 Å². The predicted octanol–water partition coefficient (Wildman–Crippen LogP) is 3.20. The van der Waals surface area contributed by atoms with E-state index in [-0.39, 0.29) is 34.8 Å². The van der Waals surface area contributed by atoms with Crippen LogP contribution < -0.4 is 4.72 Å². The number of carbonyl (C=O) groups is 1. The number of carbonyl (C=O) groups excluding carboxylic acids is 1. The Hall–Kier alpha value is -2.46. The molecule has 2 aliphatic rings. The van der Waals surface area contributed by atoms with E-state index in [1.165, 1.54) is 41.3 Å². The lowest BCUT2D eigenvalue weighted by atomic mass is 10.0. The highest BCUT2D eigenvalue weighted by atomic mass is 32.2. The molecule has 32 heavy (non-hydrogen) atoms. The first kappa shape index (κ1) is 22.7. The van der Waals surface area contributed by atoms with Crippen molar-refractivity contribution in [2.24, 2.45) is 0 Å². The molecule has 0 spiro atoms. The Labute approximate surface area is 187 Å². The molecule has 0 unspecified atom stereocenters. The average Bonchev–Trinajstić information content (AvgIpc) is 2.73. The van der Waals surface area contributed by atoms with Crippen LogP contribution in [0.4, 0.5) is 10.1 Å². The quantitative estimate of drug-likeness (QED) is 0.684. The molecule has 2 aromatic carbocycles. The maximum Gasteiger partial charge on any atom is 0.261 e. The Morgan fingerprint density at radius 3 is 2.19 bits per heavy atom. The lowest BCUT2D eigenvalue weighted by Gasteiger charge is -2.40. The van der Waals surface area contributed by atoms with Crippen molar-refractivity contribution in [2.45, 2.75) is 47.5 Å². The number of halogens is 1. The van der Waals surface area contributed by atoms with Crippen LogP contribution in [0.25, 0.3) is 0 Å². The molecule has 10 heteroatoms. The lowest BCUT2D eigenvalue weighted by molar-refractivity contribution is 0.0658. The van der Waals surface area contributed by atoms with Crippen molar-refractivity contribution >= 4 is 31.5 Å². The molecule has 1 aliphatic heterocycles. The van der Waals surface area contributed by atoms with Crippen molar-refractivity contribution in [3.8, 4) is 0 Å². The third-order valence-electron chi connectivity index (χ3n) is 6.11. The topological polar surface area (TPSA) is 101 Å². The number of anilines is 1. The minimum Gasteiger partial charge on any atom is -0.336 e. The maximum absolute atomic E-state index is 13.3. The van der Waals surface area contributed by atoms with Gasteiger partial charge in [0.2, 0.25) is 0 Å². The standard InChI is InChI=1S/C22H25FN2O5S2/c23-17-5-4-8-20(13-17)32(29,30)24-18-11-9-16(10-12-18)22(26)25-14-21(15-25)31(27,28)19-6-2-1-3-7-19/h4-5,8-13,19,21,24H,1-3,6-7,14-15H2. The van der Waals surface area contributed by atoms with Crippen LogP contribution in [0.15, 0.2) is 53.4 Å². The van der Waals surface area contributed by atoms with Gasteiger partial charge in [-0.15, -0.1) is 0 Å². The largest absolute Gasteiger partial charge is 0.336 e. The van der Waals surface area contributed by atoms with Crippen LogP contribution >= 0.6 is 0 Å². The highest BCUT2D eigenvalue weighted by molar-refractivity contribution is 7.93. The van der Waals surface area contributed by atoms with Gasteiger partial charge in [0, 0.05) is 24.3 Å². The Balaban J connectivity index is 1.37. The predicted molar refractivity (Wildman–Crippen MR) is 119 cm³/mol. The number of hydrogen-bond donors (Lipinski definition) is 1. The van der Waals surface area contributed by atoms with Crippen LogP contribution in [0.5, 0.6) is 0 Å². The van der Waals surface area contributed by atoms with Gasteiger partial charge in [-0.2, -0.15) is 0 Å². The van der Waals surface area contributed by atoms with E-state index < -0.39 is 30.9 Å². The van der Waals surface area contributed by atoms with E-state index in [1.807, 2.05) is 0 Å². The fourth-order valence-electron chi connectivity index (χ4n) is 4.19. The number of sulfone groups is 1. The molecule has 4 rings (SSSR count). The van der Waals surface area contributed by atoms with E-state index in [0.717, 1.165) is 31.4 Å². The molecule has 172 valence electrons. The number of hydrogen-bond acceptors (Lipinski definition) is 5. The molecule has 0 radical (unpaired) electrons. The molecule has 0 atom stereocenters. The summed E-state index contributed by atoms with van der Waals surface area (Å²) in [5, 5.41) is -0.796. The number of nitrogens with zero attached hydrogens (tertiary/aromatic N) is 1. The van der Waals surface area contributed by atoms with Gasteiger partial charge in [0.15, 0.2) is 9.84 Å². The fraction of sp³-hybridized carbons (Fsp3) is 0.409. The van der Waals surface area contributed by atoms with Crippen molar-refractivity contribution in [2.75, 3.05) is 17.8 Å². The fourth-order valence-corrected chi connectivity index (χ4v) is 7.59. The van der Waals surface area contributed by atoms with E-state index in [4.69, 9.17) is 0 Å². The van der Waals surface area contributed by atoms with Gasteiger partial charge in [-0.25, -0.2) is 21.2 Å². The van der Waals surface area contributed by atoms with Crippen LogP contribution in [0.3, 0.4) is 0 Å². The zero-order chi connectivity index (χ0) is 22.9. The van der Waals surface area contributed by atoms with Gasteiger partial charge in [-0.3, -0.25) is 9.52 Å². The Morgan fingerprint density at radius 1 is 0.906 bits per heavy atom. The summed E-state index contributed by atoms with van der Waals surface area (Å²) in [4.78, 5) is 14.0. The highest BCUT2D eigenvalue weighted by Crippen LogP contribution is 2.30. The first-order valence-electron chi connectivity index (χ1n) is 10.6. The summed E-state index contributed by atoms with van der Waals surface area (Å²) in [7, 11) is -7.19. The van der Waals surface area contributed by atoms with Gasteiger partial charge in [-0.1, -0.05) is 25.3 Å². The third kappa shape index (κ3) is 4.66. The SMILES string of the molecule is O=C(c1ccc(NS(=O)(=O)c2cccc(F)c2)cc1)N1CC(S(=O)(=O)C2CCCCC2)C1. The summed E-state index contributed by atoms with van der Waals surface area (Å²) in [5.41, 5.74) is 0.569. The second kappa shape index (κ2) is 8.82. The number of rotatable bonds is 6. The van der Waals surface area contributed by atoms with E-state index in [0.29, 0.717) is 18.4 Å². The Kier molecular flexibility index (Phi) is 6.26. The molecular formula is C22H25FN2O5S2. The van der Waals surface area contributed by atoms with E-state index in [2.05, 4.69) is 4.72 Å². The van der Waals surface area contributed by atoms with E-state index >= 15 is 0 Å². The summed E-state index contributed by atoms with van der Waals surface area (Å²) in [6.45, 7) is 0.372. The molecule has 7 nitrogen and oxygen atoms in total. The normalized spacial score (nSPS) is 18.2. The highest BCUT2D eigenvalue weighted by Gasteiger charge is 2.43. The average molecular weight is 481 g/mol. The van der Waals surface area contributed by atoms with E-state index in [9.17, 15) is 26.0 Å². The zero-order valence-corrected chi connectivity index (χ0v) is 19.0. The molecule has 1 saturated heterocycles. The van der Waals surface area contributed by atoms with E-state index in [1.54, 1.807) is 0 Å². The summed E-state index contributed by atoms with van der Waals surface area (Å²) in [5.74, 6) is -0.952. The summed E-state index contributed by atoms with van der Waals surface area (Å²) in [6, 6.07) is 10.5. The molecule has 1 saturated carbocycles. The number of benzene rings is 2. The van der Waals surface area contributed by atoms with Crippen LogP contribution in [-0.4, -0.2) is 51.2 Å². The second-order valence-corrected chi connectivity index (χ2v) is 12.5. The van der Waals surface area contributed by atoms with Gasteiger partial charge in [0.1, 0.15) is 5.82 Å². The first-order chi connectivity index (χ1) is 15.2. The summed E-state index contributed by atoms with van der Waals surface area (Å²) in [6.07, 6.45) is 4.37. The lowest BCUT2D eigenvalue weighted by Crippen LogP contribution is -2.58. The van der Waals surface area contributed by atoms with Gasteiger partial charge in [0.05, 0.1) is 15.4 Å². The molecule has 1 amide bonds. The molecular weight excluding hydrogens is 455 g/mol. The van der Waals surface area contributed by atoms with Gasteiger partial charge < -0.3 is 4.90 Å². The second-order valence-electron chi connectivity index (χ2n) is 8.32.